The zero-order chi connectivity index (χ0) is 18.2. The average molecular weight is 366 g/mol. The van der Waals surface area contributed by atoms with E-state index in [9.17, 15) is 5.26 Å². The van der Waals surface area contributed by atoms with Gasteiger partial charge in [-0.1, -0.05) is 36.4 Å². The summed E-state index contributed by atoms with van der Waals surface area (Å²) in [6.07, 6.45) is 3.87. The average Bonchev–Trinajstić information content (AvgIpc) is 3.29. The Labute approximate surface area is 160 Å². The van der Waals surface area contributed by atoms with Crippen LogP contribution in [0.25, 0.3) is 38.2 Å². The Morgan fingerprint density at radius 3 is 2.59 bits per heavy atom. The minimum atomic E-state index is 0.304. The standard InChI is InChI=1S/C22H14N4S/c23-10-7-19-21(18-6-5-15-3-1-2-4-17(15)13-18)25-22-26(19)20(14-27-22)16-8-11-24-12-9-16/h1-6,8-9,11-14H,7H2. The third kappa shape index (κ3) is 2.59. The van der Waals surface area contributed by atoms with Crippen molar-refractivity contribution in [3.63, 3.8) is 0 Å². The van der Waals surface area contributed by atoms with Gasteiger partial charge in [0.05, 0.1) is 29.6 Å². The number of hydrogen-bond acceptors (Lipinski definition) is 4. The van der Waals surface area contributed by atoms with Crippen LogP contribution in [0.4, 0.5) is 0 Å². The topological polar surface area (TPSA) is 54.0 Å². The van der Waals surface area contributed by atoms with Crippen LogP contribution in [0.1, 0.15) is 5.69 Å². The zero-order valence-electron chi connectivity index (χ0n) is 14.3. The third-order valence-corrected chi connectivity index (χ3v) is 5.53. The first-order valence-electron chi connectivity index (χ1n) is 8.60. The summed E-state index contributed by atoms with van der Waals surface area (Å²) in [6.45, 7) is 0. The predicted octanol–water partition coefficient (Wildman–Crippen LogP) is 5.34. The molecular weight excluding hydrogens is 352 g/mol. The van der Waals surface area contributed by atoms with E-state index < -0.39 is 0 Å². The maximum Gasteiger partial charge on any atom is 0.194 e. The van der Waals surface area contributed by atoms with Gasteiger partial charge in [-0.15, -0.1) is 11.3 Å². The summed E-state index contributed by atoms with van der Waals surface area (Å²) in [7, 11) is 0. The summed E-state index contributed by atoms with van der Waals surface area (Å²) < 4.78 is 2.10. The number of pyridine rings is 1. The molecule has 3 heterocycles. The first-order chi connectivity index (χ1) is 13.3. The van der Waals surface area contributed by atoms with Gasteiger partial charge >= 0.3 is 0 Å². The Morgan fingerprint density at radius 2 is 1.78 bits per heavy atom. The summed E-state index contributed by atoms with van der Waals surface area (Å²) in [5, 5.41) is 13.9. The normalized spacial score (nSPS) is 11.1. The molecule has 0 aliphatic rings. The van der Waals surface area contributed by atoms with Crippen LogP contribution in [0.3, 0.4) is 0 Å². The molecule has 5 rings (SSSR count). The molecule has 0 amide bonds. The SMILES string of the molecule is N#CCc1c(-c2ccc3ccccc3c2)nc2scc(-c3ccncc3)n12. The Bertz CT molecular complexity index is 1310. The fourth-order valence-electron chi connectivity index (χ4n) is 3.45. The van der Waals surface area contributed by atoms with E-state index >= 15 is 0 Å². The van der Waals surface area contributed by atoms with Crippen molar-refractivity contribution in [2.24, 2.45) is 0 Å². The fourth-order valence-corrected chi connectivity index (χ4v) is 4.36. The molecule has 0 aliphatic carbocycles. The second-order valence-electron chi connectivity index (χ2n) is 6.28. The number of aromatic nitrogens is 3. The summed E-state index contributed by atoms with van der Waals surface area (Å²) in [5.74, 6) is 0. The van der Waals surface area contributed by atoms with Gasteiger partial charge in [-0.3, -0.25) is 9.38 Å². The second-order valence-corrected chi connectivity index (χ2v) is 7.12. The Balaban J connectivity index is 1.76. The second kappa shape index (κ2) is 6.35. The molecule has 0 saturated heterocycles. The van der Waals surface area contributed by atoms with Crippen LogP contribution in [0.5, 0.6) is 0 Å². The van der Waals surface area contributed by atoms with E-state index in [0.717, 1.165) is 33.2 Å². The molecule has 0 saturated carbocycles. The van der Waals surface area contributed by atoms with Gasteiger partial charge in [-0.25, -0.2) is 4.98 Å². The van der Waals surface area contributed by atoms with Crippen LogP contribution in [0.15, 0.2) is 72.4 Å². The van der Waals surface area contributed by atoms with Gasteiger partial charge in [0.1, 0.15) is 0 Å². The van der Waals surface area contributed by atoms with Crippen LogP contribution in [-0.2, 0) is 6.42 Å². The first-order valence-corrected chi connectivity index (χ1v) is 9.48. The number of benzene rings is 2. The lowest BCUT2D eigenvalue weighted by Gasteiger charge is -2.06. The van der Waals surface area contributed by atoms with Crippen molar-refractivity contribution >= 4 is 27.1 Å². The monoisotopic (exact) mass is 366 g/mol. The van der Waals surface area contributed by atoms with Crippen LogP contribution in [0.2, 0.25) is 0 Å². The highest BCUT2D eigenvalue weighted by Gasteiger charge is 2.18. The molecule has 0 unspecified atom stereocenters. The van der Waals surface area contributed by atoms with Gasteiger partial charge in [0.15, 0.2) is 4.96 Å². The van der Waals surface area contributed by atoms with Crippen molar-refractivity contribution in [3.05, 3.63) is 78.1 Å². The molecular formula is C22H14N4S. The van der Waals surface area contributed by atoms with E-state index in [1.807, 2.05) is 24.3 Å². The van der Waals surface area contributed by atoms with E-state index in [1.54, 1.807) is 23.7 Å². The Morgan fingerprint density at radius 1 is 0.963 bits per heavy atom. The Hall–Kier alpha value is -3.49. The third-order valence-electron chi connectivity index (χ3n) is 4.70. The van der Waals surface area contributed by atoms with Crippen molar-refractivity contribution in [1.82, 2.24) is 14.4 Å². The highest BCUT2D eigenvalue weighted by molar-refractivity contribution is 7.15. The van der Waals surface area contributed by atoms with E-state index in [0.29, 0.717) is 6.42 Å². The molecule has 128 valence electrons. The van der Waals surface area contributed by atoms with E-state index in [2.05, 4.69) is 51.2 Å². The molecule has 0 radical (unpaired) electrons. The van der Waals surface area contributed by atoms with Crippen LogP contribution < -0.4 is 0 Å². The highest BCUT2D eigenvalue weighted by atomic mass is 32.1. The summed E-state index contributed by atoms with van der Waals surface area (Å²) >= 11 is 1.59. The number of rotatable bonds is 3. The lowest BCUT2D eigenvalue weighted by atomic mass is 10.0. The molecule has 0 atom stereocenters. The Kier molecular flexibility index (Phi) is 3.70. The molecule has 0 bridgehead atoms. The largest absolute Gasteiger partial charge is 0.286 e. The fraction of sp³-hybridized carbons (Fsp3) is 0.0455. The van der Waals surface area contributed by atoms with Crippen molar-refractivity contribution in [3.8, 4) is 28.6 Å². The molecule has 2 aromatic carbocycles. The molecule has 27 heavy (non-hydrogen) atoms. The number of imidazole rings is 1. The molecule has 0 N–H and O–H groups in total. The van der Waals surface area contributed by atoms with E-state index in [4.69, 9.17) is 4.98 Å². The number of thiazole rings is 1. The number of nitriles is 1. The molecule has 0 fully saturated rings. The number of hydrogen-bond donors (Lipinski definition) is 0. The van der Waals surface area contributed by atoms with Crippen molar-refractivity contribution < 1.29 is 0 Å². The van der Waals surface area contributed by atoms with Gasteiger partial charge in [-0.05, 0) is 29.0 Å². The lowest BCUT2D eigenvalue weighted by molar-refractivity contribution is 1.08. The molecule has 3 aromatic heterocycles. The van der Waals surface area contributed by atoms with Gasteiger partial charge in [0, 0.05) is 28.9 Å². The van der Waals surface area contributed by atoms with E-state index in [-0.39, 0.29) is 0 Å². The number of fused-ring (bicyclic) bond motifs is 2. The van der Waals surface area contributed by atoms with E-state index in [1.165, 1.54) is 10.8 Å². The molecule has 5 aromatic rings. The van der Waals surface area contributed by atoms with Crippen LogP contribution >= 0.6 is 11.3 Å². The smallest absolute Gasteiger partial charge is 0.194 e. The summed E-state index contributed by atoms with van der Waals surface area (Å²) in [5.41, 5.74) is 4.95. The molecule has 0 spiro atoms. The summed E-state index contributed by atoms with van der Waals surface area (Å²) in [6, 6.07) is 20.9. The van der Waals surface area contributed by atoms with Gasteiger partial charge < -0.3 is 0 Å². The molecule has 5 heteroatoms. The quantitative estimate of drug-likeness (QED) is 0.433. The minimum absolute atomic E-state index is 0.304. The van der Waals surface area contributed by atoms with Crippen LogP contribution in [0, 0.1) is 11.3 Å². The van der Waals surface area contributed by atoms with Crippen molar-refractivity contribution in [1.29, 1.82) is 5.26 Å². The predicted molar refractivity (Wildman–Crippen MR) is 109 cm³/mol. The summed E-state index contributed by atoms with van der Waals surface area (Å²) in [4.78, 5) is 9.87. The van der Waals surface area contributed by atoms with Gasteiger partial charge in [-0.2, -0.15) is 5.26 Å². The maximum atomic E-state index is 9.44. The van der Waals surface area contributed by atoms with Gasteiger partial charge in [0.2, 0.25) is 0 Å². The first kappa shape index (κ1) is 15.7. The van der Waals surface area contributed by atoms with Gasteiger partial charge in [0.25, 0.3) is 0 Å². The maximum absolute atomic E-state index is 9.44. The molecule has 4 nitrogen and oxygen atoms in total. The van der Waals surface area contributed by atoms with Crippen LogP contribution in [-0.4, -0.2) is 14.4 Å². The lowest BCUT2D eigenvalue weighted by Crippen LogP contribution is -1.95. The van der Waals surface area contributed by atoms with Crippen molar-refractivity contribution in [2.45, 2.75) is 6.42 Å². The zero-order valence-corrected chi connectivity index (χ0v) is 15.1. The minimum Gasteiger partial charge on any atom is -0.286 e. The highest BCUT2D eigenvalue weighted by Crippen LogP contribution is 2.34. The van der Waals surface area contributed by atoms with Crippen molar-refractivity contribution in [2.75, 3.05) is 0 Å². The molecule has 0 aliphatic heterocycles. The number of nitrogens with zero attached hydrogens (tertiary/aromatic N) is 4.